The number of aromatic nitrogens is 1. The van der Waals surface area contributed by atoms with Crippen molar-refractivity contribution < 1.29 is 9.59 Å². The molecule has 0 unspecified atom stereocenters. The van der Waals surface area contributed by atoms with E-state index >= 15 is 0 Å². The van der Waals surface area contributed by atoms with Crippen LogP contribution in [-0.2, 0) is 22.7 Å². The molecular weight excluding hydrogens is 318 g/mol. The molecule has 2 amide bonds. The summed E-state index contributed by atoms with van der Waals surface area (Å²) in [4.78, 5) is 35.6. The van der Waals surface area contributed by atoms with Crippen LogP contribution in [0.3, 0.4) is 0 Å². The maximum Gasteiger partial charge on any atom is 0.313 e. The van der Waals surface area contributed by atoms with Crippen molar-refractivity contribution >= 4 is 17.5 Å². The molecule has 2 rings (SSSR count). The first kappa shape index (κ1) is 18.4. The fourth-order valence-corrected chi connectivity index (χ4v) is 2.78. The molecule has 1 heterocycles. The van der Waals surface area contributed by atoms with Crippen LogP contribution in [-0.4, -0.2) is 16.4 Å². The smallest absolute Gasteiger partial charge is 0.313 e. The van der Waals surface area contributed by atoms with Crippen LogP contribution >= 0.6 is 0 Å². The van der Waals surface area contributed by atoms with Gasteiger partial charge in [-0.05, 0) is 50.5 Å². The Balaban J connectivity index is 2.02. The highest BCUT2D eigenvalue weighted by Crippen LogP contribution is 2.16. The Hall–Kier alpha value is -2.89. The van der Waals surface area contributed by atoms with Gasteiger partial charge in [0.25, 0.3) is 5.56 Å². The highest BCUT2D eigenvalue weighted by atomic mass is 16.2. The minimum Gasteiger partial charge on any atom is -0.344 e. The van der Waals surface area contributed by atoms with Crippen molar-refractivity contribution in [1.29, 1.82) is 0 Å². The molecule has 0 aliphatic carbocycles. The Labute approximate surface area is 146 Å². The summed E-state index contributed by atoms with van der Waals surface area (Å²) in [5.41, 5.74) is 4.57. The molecule has 25 heavy (non-hydrogen) atoms. The minimum absolute atomic E-state index is 0.157. The molecule has 0 saturated carbocycles. The van der Waals surface area contributed by atoms with E-state index in [1.54, 1.807) is 0 Å². The molecule has 0 bridgehead atoms. The van der Waals surface area contributed by atoms with E-state index in [1.807, 2.05) is 39.8 Å². The Morgan fingerprint density at radius 3 is 2.28 bits per heavy atom. The molecule has 0 saturated heterocycles. The number of rotatable bonds is 4. The third-order valence-corrected chi connectivity index (χ3v) is 4.05. The van der Waals surface area contributed by atoms with Gasteiger partial charge in [-0.25, -0.2) is 0 Å². The van der Waals surface area contributed by atoms with E-state index in [1.165, 1.54) is 22.9 Å². The van der Waals surface area contributed by atoms with Crippen molar-refractivity contribution in [3.05, 3.63) is 63.1 Å². The number of nitrogens with zero attached hydrogens (tertiary/aromatic N) is 1. The lowest BCUT2D eigenvalue weighted by Gasteiger charge is -2.12. The zero-order valence-corrected chi connectivity index (χ0v) is 15.0. The largest absolute Gasteiger partial charge is 0.344 e. The standard InChI is InChI=1S/C19H23N3O3/c1-5-22-11-15(6-7-17(22)23)21-19(25)18(24)20-10-16-13(3)8-12(2)9-14(16)4/h6-9,11H,5,10H2,1-4H3,(H,20,24)(H,21,25). The van der Waals surface area contributed by atoms with E-state index < -0.39 is 11.8 Å². The molecule has 0 fully saturated rings. The molecule has 6 nitrogen and oxygen atoms in total. The summed E-state index contributed by atoms with van der Waals surface area (Å²) in [6.45, 7) is 8.59. The average molecular weight is 341 g/mol. The predicted octanol–water partition coefficient (Wildman–Crippen LogP) is 2.05. The van der Waals surface area contributed by atoms with Crippen LogP contribution < -0.4 is 16.2 Å². The summed E-state index contributed by atoms with van der Waals surface area (Å²) >= 11 is 0. The van der Waals surface area contributed by atoms with Crippen molar-refractivity contribution in [2.45, 2.75) is 40.8 Å². The van der Waals surface area contributed by atoms with Crippen molar-refractivity contribution in [2.75, 3.05) is 5.32 Å². The second kappa shape index (κ2) is 7.79. The quantitative estimate of drug-likeness (QED) is 0.835. The summed E-state index contributed by atoms with van der Waals surface area (Å²) in [6.07, 6.45) is 1.52. The van der Waals surface area contributed by atoms with Gasteiger partial charge in [0.15, 0.2) is 0 Å². The zero-order chi connectivity index (χ0) is 18.6. The number of hydrogen-bond acceptors (Lipinski definition) is 3. The first-order chi connectivity index (χ1) is 11.8. The molecule has 2 N–H and O–H groups in total. The van der Waals surface area contributed by atoms with E-state index in [4.69, 9.17) is 0 Å². The Morgan fingerprint density at radius 2 is 1.68 bits per heavy atom. The molecule has 0 radical (unpaired) electrons. The van der Waals surface area contributed by atoms with Gasteiger partial charge in [0.05, 0.1) is 5.69 Å². The third kappa shape index (κ3) is 4.56. The monoisotopic (exact) mass is 341 g/mol. The van der Waals surface area contributed by atoms with Gasteiger partial charge >= 0.3 is 11.8 Å². The molecule has 1 aromatic heterocycles. The van der Waals surface area contributed by atoms with Gasteiger partial charge in [-0.2, -0.15) is 0 Å². The van der Waals surface area contributed by atoms with Crippen LogP contribution in [0.1, 0.15) is 29.2 Å². The molecule has 132 valence electrons. The number of pyridine rings is 1. The van der Waals surface area contributed by atoms with Gasteiger partial charge in [0.1, 0.15) is 0 Å². The van der Waals surface area contributed by atoms with Gasteiger partial charge in [-0.15, -0.1) is 0 Å². The van der Waals surface area contributed by atoms with Crippen molar-refractivity contribution in [3.63, 3.8) is 0 Å². The van der Waals surface area contributed by atoms with Gasteiger partial charge in [0.2, 0.25) is 0 Å². The number of carbonyl (C=O) groups is 2. The lowest BCUT2D eigenvalue weighted by molar-refractivity contribution is -0.136. The maximum absolute atomic E-state index is 12.0. The molecular formula is C19H23N3O3. The lowest BCUT2D eigenvalue weighted by Crippen LogP contribution is -2.35. The fraction of sp³-hybridized carbons (Fsp3) is 0.316. The molecule has 0 atom stereocenters. The average Bonchev–Trinajstić information content (AvgIpc) is 2.55. The number of aryl methyl sites for hydroxylation is 4. The van der Waals surface area contributed by atoms with Crippen molar-refractivity contribution in [1.82, 2.24) is 9.88 Å². The highest BCUT2D eigenvalue weighted by Gasteiger charge is 2.15. The van der Waals surface area contributed by atoms with Crippen LogP contribution in [0.2, 0.25) is 0 Å². The van der Waals surface area contributed by atoms with Crippen molar-refractivity contribution in [3.8, 4) is 0 Å². The highest BCUT2D eigenvalue weighted by molar-refractivity contribution is 6.39. The minimum atomic E-state index is -0.760. The maximum atomic E-state index is 12.0. The molecule has 0 aliphatic heterocycles. The van der Waals surface area contributed by atoms with Crippen LogP contribution in [0, 0.1) is 20.8 Å². The van der Waals surface area contributed by atoms with Gasteiger partial charge in [0, 0.05) is 25.4 Å². The van der Waals surface area contributed by atoms with E-state index in [0.717, 1.165) is 22.3 Å². The van der Waals surface area contributed by atoms with E-state index in [2.05, 4.69) is 10.6 Å². The number of hydrogen-bond donors (Lipinski definition) is 2. The number of anilines is 1. The number of nitrogens with one attached hydrogen (secondary N) is 2. The van der Waals surface area contributed by atoms with Crippen LogP contribution in [0.5, 0.6) is 0 Å². The summed E-state index contributed by atoms with van der Waals surface area (Å²) in [5.74, 6) is -1.47. The Morgan fingerprint density at radius 1 is 1.04 bits per heavy atom. The van der Waals surface area contributed by atoms with Crippen LogP contribution in [0.4, 0.5) is 5.69 Å². The van der Waals surface area contributed by atoms with Crippen LogP contribution in [0.15, 0.2) is 35.3 Å². The Bertz CT molecular complexity index is 845. The molecule has 0 aliphatic rings. The Kier molecular flexibility index (Phi) is 5.75. The normalized spacial score (nSPS) is 10.4. The molecule has 1 aromatic carbocycles. The lowest BCUT2D eigenvalue weighted by atomic mass is 10.00. The first-order valence-corrected chi connectivity index (χ1v) is 8.18. The van der Waals surface area contributed by atoms with E-state index in [0.29, 0.717) is 18.8 Å². The van der Waals surface area contributed by atoms with Gasteiger partial charge in [-0.3, -0.25) is 14.4 Å². The molecule has 0 spiro atoms. The topological polar surface area (TPSA) is 80.2 Å². The number of benzene rings is 1. The van der Waals surface area contributed by atoms with E-state index in [-0.39, 0.29) is 5.56 Å². The number of amides is 2. The SMILES string of the molecule is CCn1cc(NC(=O)C(=O)NCc2c(C)cc(C)cc2C)ccc1=O. The van der Waals surface area contributed by atoms with Crippen LogP contribution in [0.25, 0.3) is 0 Å². The van der Waals surface area contributed by atoms with Crippen molar-refractivity contribution in [2.24, 2.45) is 0 Å². The zero-order valence-electron chi connectivity index (χ0n) is 15.0. The number of carbonyl (C=O) groups excluding carboxylic acids is 2. The second-order valence-electron chi connectivity index (χ2n) is 6.06. The third-order valence-electron chi connectivity index (χ3n) is 4.05. The van der Waals surface area contributed by atoms with E-state index in [9.17, 15) is 14.4 Å². The molecule has 6 heteroatoms. The first-order valence-electron chi connectivity index (χ1n) is 8.18. The van der Waals surface area contributed by atoms with Gasteiger partial charge < -0.3 is 15.2 Å². The van der Waals surface area contributed by atoms with Gasteiger partial charge in [-0.1, -0.05) is 17.7 Å². The fourth-order valence-electron chi connectivity index (χ4n) is 2.78. The molecule has 2 aromatic rings. The second-order valence-corrected chi connectivity index (χ2v) is 6.06. The summed E-state index contributed by atoms with van der Waals surface area (Å²) < 4.78 is 1.45. The summed E-state index contributed by atoms with van der Waals surface area (Å²) in [7, 11) is 0. The predicted molar refractivity (Wildman–Crippen MR) is 97.5 cm³/mol. The summed E-state index contributed by atoms with van der Waals surface area (Å²) in [5, 5.41) is 5.15. The summed E-state index contributed by atoms with van der Waals surface area (Å²) in [6, 6.07) is 6.93.